The van der Waals surface area contributed by atoms with Gasteiger partial charge < -0.3 is 10.6 Å². The number of rotatable bonds is 6. The molecule has 0 saturated carbocycles. The first-order valence-electron chi connectivity index (χ1n) is 6.98. The number of aromatic nitrogens is 2. The first kappa shape index (κ1) is 14.8. The molecular weight excluding hydrogens is 268 g/mol. The summed E-state index contributed by atoms with van der Waals surface area (Å²) < 4.78 is 0. The lowest BCUT2D eigenvalue weighted by Gasteiger charge is -2.16. The van der Waals surface area contributed by atoms with Gasteiger partial charge in [-0.05, 0) is 39.8 Å². The van der Waals surface area contributed by atoms with E-state index in [0.717, 1.165) is 24.3 Å². The zero-order chi connectivity index (χ0) is 14.5. The van der Waals surface area contributed by atoms with Gasteiger partial charge in [-0.1, -0.05) is 0 Å². The van der Waals surface area contributed by atoms with Crippen molar-refractivity contribution in [2.75, 3.05) is 17.2 Å². The van der Waals surface area contributed by atoms with E-state index in [1.165, 1.54) is 9.75 Å². The minimum absolute atomic E-state index is 0.344. The monoisotopic (exact) mass is 290 g/mol. The van der Waals surface area contributed by atoms with Crippen LogP contribution in [0.5, 0.6) is 0 Å². The fourth-order valence-electron chi connectivity index (χ4n) is 2.01. The Morgan fingerprint density at radius 1 is 1.30 bits per heavy atom. The van der Waals surface area contributed by atoms with Gasteiger partial charge in [-0.25, -0.2) is 4.98 Å². The minimum Gasteiger partial charge on any atom is -0.367 e. The molecule has 0 aliphatic rings. The van der Waals surface area contributed by atoms with Crippen LogP contribution in [0.15, 0.2) is 18.3 Å². The van der Waals surface area contributed by atoms with Gasteiger partial charge in [-0.3, -0.25) is 0 Å². The Balaban J connectivity index is 2.02. The third-order valence-electron chi connectivity index (χ3n) is 2.99. The van der Waals surface area contributed by atoms with Crippen LogP contribution in [0, 0.1) is 13.8 Å². The molecule has 0 amide bonds. The van der Waals surface area contributed by atoms with Crippen LogP contribution in [-0.4, -0.2) is 22.6 Å². The van der Waals surface area contributed by atoms with E-state index in [1.54, 1.807) is 0 Å². The van der Waals surface area contributed by atoms with Crippen molar-refractivity contribution in [3.05, 3.63) is 33.6 Å². The first-order valence-corrected chi connectivity index (χ1v) is 7.79. The normalized spacial score (nSPS) is 12.2. The van der Waals surface area contributed by atoms with Crippen LogP contribution in [0.25, 0.3) is 0 Å². The third-order valence-corrected chi connectivity index (χ3v) is 4.02. The van der Waals surface area contributed by atoms with Gasteiger partial charge >= 0.3 is 0 Å². The van der Waals surface area contributed by atoms with Crippen molar-refractivity contribution >= 4 is 23.1 Å². The van der Waals surface area contributed by atoms with Crippen LogP contribution in [0.3, 0.4) is 0 Å². The largest absolute Gasteiger partial charge is 0.367 e. The highest BCUT2D eigenvalue weighted by atomic mass is 32.1. The average molecular weight is 290 g/mol. The SMILES string of the molecule is CCNc1ncc(C)c(NC(C)Cc2ccc(C)s2)n1. The molecule has 0 radical (unpaired) electrons. The molecule has 2 aromatic heterocycles. The topological polar surface area (TPSA) is 49.8 Å². The fourth-order valence-corrected chi connectivity index (χ4v) is 3.03. The molecule has 1 unspecified atom stereocenters. The molecule has 0 aromatic carbocycles. The summed E-state index contributed by atoms with van der Waals surface area (Å²) in [5.41, 5.74) is 1.07. The predicted octanol–water partition coefficient (Wildman–Crippen LogP) is 3.63. The molecule has 0 spiro atoms. The summed E-state index contributed by atoms with van der Waals surface area (Å²) in [5, 5.41) is 6.62. The lowest BCUT2D eigenvalue weighted by atomic mass is 10.2. The van der Waals surface area contributed by atoms with Gasteiger partial charge in [0, 0.05) is 40.5 Å². The van der Waals surface area contributed by atoms with Crippen molar-refractivity contribution in [3.8, 4) is 0 Å². The van der Waals surface area contributed by atoms with Gasteiger partial charge in [-0.2, -0.15) is 4.98 Å². The van der Waals surface area contributed by atoms with Gasteiger partial charge in [-0.15, -0.1) is 11.3 Å². The molecule has 5 heteroatoms. The quantitative estimate of drug-likeness (QED) is 0.853. The minimum atomic E-state index is 0.344. The fraction of sp³-hybridized carbons (Fsp3) is 0.467. The van der Waals surface area contributed by atoms with Gasteiger partial charge in [0.25, 0.3) is 0 Å². The second-order valence-corrected chi connectivity index (χ2v) is 6.39. The van der Waals surface area contributed by atoms with E-state index in [1.807, 2.05) is 31.4 Å². The third kappa shape index (κ3) is 3.93. The smallest absolute Gasteiger partial charge is 0.224 e. The van der Waals surface area contributed by atoms with Gasteiger partial charge in [0.15, 0.2) is 0 Å². The molecule has 2 heterocycles. The van der Waals surface area contributed by atoms with Crippen molar-refractivity contribution in [1.29, 1.82) is 0 Å². The number of nitrogens with zero attached hydrogens (tertiary/aromatic N) is 2. The summed E-state index contributed by atoms with van der Waals surface area (Å²) in [6, 6.07) is 4.72. The Kier molecular flexibility index (Phi) is 4.95. The summed E-state index contributed by atoms with van der Waals surface area (Å²) in [5.74, 6) is 1.59. The van der Waals surface area contributed by atoms with Crippen molar-refractivity contribution < 1.29 is 0 Å². The number of aryl methyl sites for hydroxylation is 2. The molecule has 20 heavy (non-hydrogen) atoms. The number of thiophene rings is 1. The van der Waals surface area contributed by atoms with Crippen LogP contribution in [0.4, 0.5) is 11.8 Å². The van der Waals surface area contributed by atoms with Crippen molar-refractivity contribution in [2.45, 2.75) is 40.2 Å². The second-order valence-electron chi connectivity index (χ2n) is 5.02. The summed E-state index contributed by atoms with van der Waals surface area (Å²) >= 11 is 1.86. The molecule has 0 aliphatic carbocycles. The molecule has 0 bridgehead atoms. The Bertz CT molecular complexity index is 565. The van der Waals surface area contributed by atoms with E-state index >= 15 is 0 Å². The Hall–Kier alpha value is -1.62. The van der Waals surface area contributed by atoms with Crippen molar-refractivity contribution in [2.24, 2.45) is 0 Å². The van der Waals surface area contributed by atoms with E-state index in [0.29, 0.717) is 12.0 Å². The average Bonchev–Trinajstić information content (AvgIpc) is 2.79. The Labute approximate surface area is 124 Å². The van der Waals surface area contributed by atoms with Gasteiger partial charge in [0.2, 0.25) is 5.95 Å². The predicted molar refractivity (Wildman–Crippen MR) is 86.8 cm³/mol. The van der Waals surface area contributed by atoms with E-state index in [9.17, 15) is 0 Å². The maximum atomic E-state index is 4.52. The molecule has 0 fully saturated rings. The molecule has 4 nitrogen and oxygen atoms in total. The van der Waals surface area contributed by atoms with E-state index in [-0.39, 0.29) is 0 Å². The molecule has 108 valence electrons. The molecular formula is C15H22N4S. The Morgan fingerprint density at radius 2 is 2.10 bits per heavy atom. The number of hydrogen-bond acceptors (Lipinski definition) is 5. The standard InChI is InChI=1S/C15H22N4S/c1-5-16-15-17-9-10(2)14(19-15)18-11(3)8-13-7-6-12(4)20-13/h6-7,9,11H,5,8H2,1-4H3,(H2,16,17,18,19). The number of hydrogen-bond donors (Lipinski definition) is 2. The second kappa shape index (κ2) is 6.70. The maximum Gasteiger partial charge on any atom is 0.224 e. The molecule has 0 saturated heterocycles. The zero-order valence-corrected chi connectivity index (χ0v) is 13.3. The van der Waals surface area contributed by atoms with Gasteiger partial charge in [0.1, 0.15) is 5.82 Å². The number of anilines is 2. The molecule has 1 atom stereocenters. The van der Waals surface area contributed by atoms with E-state index < -0.39 is 0 Å². The summed E-state index contributed by atoms with van der Waals surface area (Å²) in [4.78, 5) is 11.5. The lowest BCUT2D eigenvalue weighted by Crippen LogP contribution is -2.19. The van der Waals surface area contributed by atoms with Crippen LogP contribution < -0.4 is 10.6 Å². The van der Waals surface area contributed by atoms with E-state index in [4.69, 9.17) is 0 Å². The molecule has 2 rings (SSSR count). The zero-order valence-electron chi connectivity index (χ0n) is 12.5. The van der Waals surface area contributed by atoms with Crippen LogP contribution in [0.2, 0.25) is 0 Å². The first-order chi connectivity index (χ1) is 9.58. The van der Waals surface area contributed by atoms with Crippen LogP contribution in [-0.2, 0) is 6.42 Å². The van der Waals surface area contributed by atoms with Crippen molar-refractivity contribution in [3.63, 3.8) is 0 Å². The molecule has 2 aromatic rings. The summed E-state index contributed by atoms with van der Waals surface area (Å²) in [6.45, 7) is 9.22. The highest BCUT2D eigenvalue weighted by Gasteiger charge is 2.09. The number of nitrogens with one attached hydrogen (secondary N) is 2. The maximum absolute atomic E-state index is 4.52. The van der Waals surface area contributed by atoms with Crippen molar-refractivity contribution in [1.82, 2.24) is 9.97 Å². The highest BCUT2D eigenvalue weighted by molar-refractivity contribution is 7.11. The summed E-state index contributed by atoms with van der Waals surface area (Å²) in [7, 11) is 0. The van der Waals surface area contributed by atoms with Crippen LogP contribution in [0.1, 0.15) is 29.2 Å². The van der Waals surface area contributed by atoms with Gasteiger partial charge in [0.05, 0.1) is 0 Å². The summed E-state index contributed by atoms with van der Waals surface area (Å²) in [6.07, 6.45) is 2.87. The van der Waals surface area contributed by atoms with Crippen LogP contribution >= 0.6 is 11.3 Å². The Morgan fingerprint density at radius 3 is 2.75 bits per heavy atom. The highest BCUT2D eigenvalue weighted by Crippen LogP contribution is 2.19. The molecule has 2 N–H and O–H groups in total. The van der Waals surface area contributed by atoms with E-state index in [2.05, 4.69) is 46.6 Å². The molecule has 0 aliphatic heterocycles. The lowest BCUT2D eigenvalue weighted by molar-refractivity contribution is 0.791.